The first-order chi connectivity index (χ1) is 14.6. The largest absolute Gasteiger partial charge is 0.140 e. The van der Waals surface area contributed by atoms with E-state index in [0.29, 0.717) is 16.2 Å². The Labute approximate surface area is 194 Å². The smallest absolute Gasteiger partial charge is 0.0710 e. The van der Waals surface area contributed by atoms with Gasteiger partial charge in [0.2, 0.25) is 0 Å². The van der Waals surface area contributed by atoms with Crippen molar-refractivity contribution < 1.29 is 0 Å². The van der Waals surface area contributed by atoms with Crippen molar-refractivity contribution in [1.82, 2.24) is 0 Å². The highest BCUT2D eigenvalue weighted by Gasteiger charge is 2.58. The van der Waals surface area contributed by atoms with Crippen LogP contribution in [0.2, 0.25) is 19.0 Å². The van der Waals surface area contributed by atoms with Crippen LogP contribution in [0.15, 0.2) is 0 Å². The zero-order chi connectivity index (χ0) is 21.8. The standard InChI is InChI=1S/C30H51B/c1-28(2)22-10-7-19(25(28)13-22)16-31(17-20-8-11-23-14-26(20)29(23,3)4)18-21-9-12-24-15-27(21)30(24,5)6/h19-27H,7-18H2,1-6H3/t19-,20-,21-,22?,23?,24?,25?,26?,27?/m0/s1. The molecule has 31 heavy (non-hydrogen) atoms. The van der Waals surface area contributed by atoms with E-state index in [-0.39, 0.29) is 0 Å². The third kappa shape index (κ3) is 3.12. The summed E-state index contributed by atoms with van der Waals surface area (Å²) >= 11 is 0. The lowest BCUT2D eigenvalue weighted by atomic mass is 9.30. The van der Waals surface area contributed by atoms with Crippen LogP contribution in [-0.2, 0) is 0 Å². The summed E-state index contributed by atoms with van der Waals surface area (Å²) in [5, 5.41) is 0. The Hall–Kier alpha value is 0.0649. The highest BCUT2D eigenvalue weighted by molar-refractivity contribution is 6.59. The summed E-state index contributed by atoms with van der Waals surface area (Å²) in [6, 6.07) is 0. The van der Waals surface area contributed by atoms with Crippen molar-refractivity contribution in [3.8, 4) is 0 Å². The Kier molecular flexibility index (Phi) is 4.90. The molecule has 1 heteroatoms. The van der Waals surface area contributed by atoms with Crippen molar-refractivity contribution in [3.05, 3.63) is 0 Å². The molecule has 0 heterocycles. The summed E-state index contributed by atoms with van der Waals surface area (Å²) in [6.07, 6.45) is 18.9. The summed E-state index contributed by atoms with van der Waals surface area (Å²) in [4.78, 5) is 0. The first kappa shape index (κ1) is 21.6. The number of hydrogen-bond acceptors (Lipinski definition) is 0. The van der Waals surface area contributed by atoms with Crippen molar-refractivity contribution in [2.24, 2.45) is 69.5 Å². The fourth-order valence-electron chi connectivity index (χ4n) is 11.3. The van der Waals surface area contributed by atoms with Gasteiger partial charge in [-0.15, -0.1) is 0 Å². The second-order valence-electron chi connectivity index (χ2n) is 15.7. The SMILES string of the molecule is CC1(C)C2CC[C@@H](CB(C[C@@H]3CCC4CC3C4(C)C)C[C@@H]3CCC4CC3C4(C)C)C1C2. The molecule has 0 radical (unpaired) electrons. The average molecular weight is 423 g/mol. The van der Waals surface area contributed by atoms with Gasteiger partial charge in [0.15, 0.2) is 0 Å². The van der Waals surface area contributed by atoms with Crippen LogP contribution in [0.25, 0.3) is 0 Å². The van der Waals surface area contributed by atoms with Crippen molar-refractivity contribution in [2.75, 3.05) is 0 Å². The minimum Gasteiger partial charge on any atom is -0.0710 e. The van der Waals surface area contributed by atoms with Gasteiger partial charge in [0.05, 0.1) is 0 Å². The van der Waals surface area contributed by atoms with Crippen molar-refractivity contribution in [3.63, 3.8) is 0 Å². The zero-order valence-corrected chi connectivity index (χ0v) is 21.8. The maximum Gasteiger partial charge on any atom is 0.140 e. The first-order valence-electron chi connectivity index (χ1n) is 14.6. The van der Waals surface area contributed by atoms with Gasteiger partial charge < -0.3 is 0 Å². The molecule has 0 aromatic carbocycles. The van der Waals surface area contributed by atoms with E-state index in [9.17, 15) is 0 Å². The van der Waals surface area contributed by atoms with E-state index in [2.05, 4.69) is 41.5 Å². The van der Waals surface area contributed by atoms with Gasteiger partial charge in [-0.1, -0.05) is 79.8 Å². The van der Waals surface area contributed by atoms with Crippen LogP contribution in [0.5, 0.6) is 0 Å². The number of fused-ring (bicyclic) bond motifs is 6. The normalized spacial score (nSPS) is 49.9. The van der Waals surface area contributed by atoms with Gasteiger partial charge in [-0.25, -0.2) is 0 Å². The molecular formula is C30H51B. The Morgan fingerprint density at radius 3 is 1.00 bits per heavy atom. The maximum absolute atomic E-state index is 2.61. The number of hydrogen-bond donors (Lipinski definition) is 0. The van der Waals surface area contributed by atoms with Gasteiger partial charge in [-0.05, 0) is 108 Å². The van der Waals surface area contributed by atoms with E-state index in [1.165, 1.54) is 0 Å². The molecule has 0 saturated heterocycles. The van der Waals surface area contributed by atoms with E-state index < -0.39 is 0 Å². The van der Waals surface area contributed by atoms with Gasteiger partial charge in [-0.2, -0.15) is 0 Å². The molecule has 0 nitrogen and oxygen atoms in total. The highest BCUT2D eigenvalue weighted by Crippen LogP contribution is 2.66. The monoisotopic (exact) mass is 422 g/mol. The lowest BCUT2D eigenvalue weighted by molar-refractivity contribution is -0.104. The van der Waals surface area contributed by atoms with E-state index in [0.717, 1.165) is 60.0 Å². The molecule has 174 valence electrons. The molecule has 9 rings (SSSR count). The minimum absolute atomic E-state index is 0.662. The number of rotatable bonds is 6. The average Bonchev–Trinajstić information content (AvgIpc) is 2.73. The van der Waals surface area contributed by atoms with Gasteiger partial charge in [0.25, 0.3) is 0 Å². The second-order valence-corrected chi connectivity index (χ2v) is 15.7. The quantitative estimate of drug-likeness (QED) is 0.376. The highest BCUT2D eigenvalue weighted by atomic mass is 14.6. The molecule has 9 aliphatic carbocycles. The Bertz CT molecular complexity index is 602. The first-order valence-corrected chi connectivity index (χ1v) is 14.6. The van der Waals surface area contributed by atoms with E-state index in [1.54, 1.807) is 76.7 Å². The predicted molar refractivity (Wildman–Crippen MR) is 134 cm³/mol. The molecule has 0 amide bonds. The van der Waals surface area contributed by atoms with E-state index >= 15 is 0 Å². The molecule has 6 bridgehead atoms. The zero-order valence-electron chi connectivity index (χ0n) is 21.8. The van der Waals surface area contributed by atoms with Crippen LogP contribution < -0.4 is 0 Å². The molecule has 0 aromatic heterocycles. The fourth-order valence-corrected chi connectivity index (χ4v) is 11.3. The summed E-state index contributed by atoms with van der Waals surface area (Å²) in [5.74, 6) is 9.52. The lowest BCUT2D eigenvalue weighted by Gasteiger charge is -2.62. The van der Waals surface area contributed by atoms with Crippen LogP contribution >= 0.6 is 0 Å². The summed E-state index contributed by atoms with van der Waals surface area (Å²) in [6.45, 7) is 16.7. The third-order valence-electron chi connectivity index (χ3n) is 13.9. The predicted octanol–water partition coefficient (Wildman–Crippen LogP) is 8.70. The van der Waals surface area contributed by atoms with Crippen LogP contribution in [0.4, 0.5) is 0 Å². The minimum atomic E-state index is 0.662. The van der Waals surface area contributed by atoms with Crippen molar-refractivity contribution in [1.29, 1.82) is 0 Å². The summed E-state index contributed by atoms with van der Waals surface area (Å²) in [5.41, 5.74) is 1.99. The van der Waals surface area contributed by atoms with E-state index in [1.807, 2.05) is 0 Å². The van der Waals surface area contributed by atoms with Gasteiger partial charge in [0, 0.05) is 0 Å². The molecule has 0 aromatic rings. The molecule has 0 N–H and O–H groups in total. The summed E-state index contributed by atoms with van der Waals surface area (Å²) < 4.78 is 0. The summed E-state index contributed by atoms with van der Waals surface area (Å²) in [7, 11) is 0. The van der Waals surface area contributed by atoms with Crippen molar-refractivity contribution in [2.45, 2.75) is 118 Å². The lowest BCUT2D eigenvalue weighted by Crippen LogP contribution is -2.55. The van der Waals surface area contributed by atoms with Crippen LogP contribution in [0.1, 0.15) is 99.3 Å². The Balaban J connectivity index is 1.18. The molecule has 0 aliphatic heterocycles. The fraction of sp³-hybridized carbons (Fsp3) is 1.00. The van der Waals surface area contributed by atoms with E-state index in [4.69, 9.17) is 0 Å². The van der Waals surface area contributed by atoms with Gasteiger partial charge >= 0.3 is 0 Å². The van der Waals surface area contributed by atoms with Crippen LogP contribution in [0.3, 0.4) is 0 Å². The molecule has 9 atom stereocenters. The molecule has 9 fully saturated rings. The van der Waals surface area contributed by atoms with Gasteiger partial charge in [-0.3, -0.25) is 0 Å². The molecule has 0 spiro atoms. The molecular weight excluding hydrogens is 371 g/mol. The molecule has 9 aliphatic rings. The van der Waals surface area contributed by atoms with Crippen LogP contribution in [-0.4, -0.2) is 6.71 Å². The Morgan fingerprint density at radius 2 is 0.774 bits per heavy atom. The Morgan fingerprint density at radius 1 is 0.484 bits per heavy atom. The second kappa shape index (κ2) is 7.04. The van der Waals surface area contributed by atoms with Crippen LogP contribution in [0, 0.1) is 69.5 Å². The topological polar surface area (TPSA) is 0 Å². The molecule has 9 saturated carbocycles. The molecule has 6 unspecified atom stereocenters. The van der Waals surface area contributed by atoms with Crippen molar-refractivity contribution >= 4 is 6.71 Å². The third-order valence-corrected chi connectivity index (χ3v) is 13.9. The maximum atomic E-state index is 2.61. The van der Waals surface area contributed by atoms with Gasteiger partial charge in [0.1, 0.15) is 6.71 Å².